The summed E-state index contributed by atoms with van der Waals surface area (Å²) in [5.41, 5.74) is 7.82. The van der Waals surface area contributed by atoms with Gasteiger partial charge < -0.3 is 24.5 Å². The molecule has 0 spiro atoms. The highest BCUT2D eigenvalue weighted by atomic mass is 19.1. The van der Waals surface area contributed by atoms with E-state index in [1.54, 1.807) is 6.07 Å². The van der Waals surface area contributed by atoms with Crippen molar-refractivity contribution >= 4 is 17.0 Å². The monoisotopic (exact) mass is 554 g/mol. The molecular weight excluding hydrogens is 521 g/mol. The van der Waals surface area contributed by atoms with Crippen LogP contribution in [0.4, 0.5) is 19.2 Å². The molecule has 0 unspecified atom stereocenters. The molecule has 0 radical (unpaired) electrons. The lowest BCUT2D eigenvalue weighted by molar-refractivity contribution is 0.127. The van der Waals surface area contributed by atoms with Crippen LogP contribution in [-0.4, -0.2) is 44.9 Å². The summed E-state index contributed by atoms with van der Waals surface area (Å²) in [6.45, 7) is 7.83. The summed E-state index contributed by atoms with van der Waals surface area (Å²) in [5, 5.41) is 4.05. The quantitative estimate of drug-likeness (QED) is 0.345. The van der Waals surface area contributed by atoms with Crippen LogP contribution in [0.25, 0.3) is 11.0 Å². The zero-order valence-electron chi connectivity index (χ0n) is 22.8. The van der Waals surface area contributed by atoms with Gasteiger partial charge in [-0.05, 0) is 49.4 Å². The zero-order valence-corrected chi connectivity index (χ0v) is 22.8. The van der Waals surface area contributed by atoms with Crippen molar-refractivity contribution in [1.82, 2.24) is 19.7 Å². The van der Waals surface area contributed by atoms with E-state index >= 15 is 4.39 Å². The van der Waals surface area contributed by atoms with E-state index in [4.69, 9.17) is 20.0 Å². The third-order valence-corrected chi connectivity index (χ3v) is 8.29. The van der Waals surface area contributed by atoms with E-state index < -0.39 is 29.4 Å². The number of hydrogen-bond donors (Lipinski definition) is 1. The number of halogens is 3. The average molecular weight is 555 g/mol. The predicted molar refractivity (Wildman–Crippen MR) is 144 cm³/mol. The number of aromatic nitrogens is 4. The fraction of sp³-hybridized carbons (Fsp3) is 0.483. The number of fused-ring (bicyclic) bond motifs is 3. The fourth-order valence-corrected chi connectivity index (χ4v) is 5.90. The van der Waals surface area contributed by atoms with Gasteiger partial charge in [-0.1, -0.05) is 19.0 Å². The maximum absolute atomic E-state index is 15.3. The van der Waals surface area contributed by atoms with Gasteiger partial charge in [0.1, 0.15) is 17.5 Å². The predicted octanol–water partition coefficient (Wildman–Crippen LogP) is 5.31. The van der Waals surface area contributed by atoms with E-state index in [9.17, 15) is 8.78 Å². The molecule has 8 nitrogen and oxygen atoms in total. The summed E-state index contributed by atoms with van der Waals surface area (Å²) in [6, 6.07) is 6.51. The summed E-state index contributed by atoms with van der Waals surface area (Å²) in [5.74, 6) is 0.0115. The molecule has 6 rings (SSSR count). The Labute approximate surface area is 230 Å². The molecule has 1 fully saturated rings. The molecule has 0 amide bonds. The number of benzene rings is 2. The molecule has 0 aliphatic carbocycles. The van der Waals surface area contributed by atoms with Gasteiger partial charge >= 0.3 is 6.01 Å². The van der Waals surface area contributed by atoms with Gasteiger partial charge in [0.2, 0.25) is 0 Å². The Morgan fingerprint density at radius 1 is 1.02 bits per heavy atom. The molecule has 2 aliphatic rings. The standard InChI is InChI=1S/C29H33F3N6O2/c1-15(2)28-35-29(40-36-28)37-8-6-17(7-9-37)16(3)39-26-13-24-25(12-22(26)32)38-14-23(33)20(11-27(38)34-24)19-10-18(30)4-5-21(19)31/h4-5,10,12-13,15-17,20,23H,6-9,11,14,33H2,1-3H3/t16-,20+,23-/m0/s1. The van der Waals surface area contributed by atoms with Crippen LogP contribution < -0.4 is 15.4 Å². The minimum absolute atomic E-state index is 0.147. The molecule has 2 N–H and O–H groups in total. The first-order valence-corrected chi connectivity index (χ1v) is 13.8. The second-order valence-electron chi connectivity index (χ2n) is 11.3. The molecule has 2 aliphatic heterocycles. The van der Waals surface area contributed by atoms with Crippen LogP contribution in [0.3, 0.4) is 0 Å². The number of hydrogen-bond acceptors (Lipinski definition) is 7. The van der Waals surface area contributed by atoms with E-state index in [1.165, 1.54) is 12.1 Å². The minimum atomic E-state index is -0.513. The summed E-state index contributed by atoms with van der Waals surface area (Å²) in [7, 11) is 0. The number of nitrogens with two attached hydrogens (primary N) is 1. The number of anilines is 1. The van der Waals surface area contributed by atoms with Crippen molar-refractivity contribution in [1.29, 1.82) is 0 Å². The Balaban J connectivity index is 1.16. The Morgan fingerprint density at radius 2 is 1.80 bits per heavy atom. The summed E-state index contributed by atoms with van der Waals surface area (Å²) >= 11 is 0. The molecule has 3 atom stereocenters. The van der Waals surface area contributed by atoms with Gasteiger partial charge in [-0.2, -0.15) is 4.98 Å². The first-order chi connectivity index (χ1) is 19.2. The van der Waals surface area contributed by atoms with Gasteiger partial charge in [0.05, 0.1) is 17.1 Å². The van der Waals surface area contributed by atoms with E-state index in [2.05, 4.69) is 15.0 Å². The van der Waals surface area contributed by atoms with Crippen LogP contribution in [0.5, 0.6) is 5.75 Å². The summed E-state index contributed by atoms with van der Waals surface area (Å²) < 4.78 is 57.0. The maximum atomic E-state index is 15.3. The molecule has 0 bridgehead atoms. The van der Waals surface area contributed by atoms with Crippen molar-refractivity contribution in [2.75, 3.05) is 18.0 Å². The lowest BCUT2D eigenvalue weighted by Crippen LogP contribution is -2.39. The zero-order chi connectivity index (χ0) is 28.1. The third kappa shape index (κ3) is 4.91. The van der Waals surface area contributed by atoms with Gasteiger partial charge in [-0.3, -0.25) is 0 Å². The Hall–Kier alpha value is -3.60. The summed E-state index contributed by atoms with van der Waals surface area (Å²) in [4.78, 5) is 11.3. The molecule has 11 heteroatoms. The second-order valence-corrected chi connectivity index (χ2v) is 11.3. The van der Waals surface area contributed by atoms with Crippen LogP contribution in [0.2, 0.25) is 0 Å². The molecular formula is C29H33F3N6O2. The minimum Gasteiger partial charge on any atom is -0.487 e. The lowest BCUT2D eigenvalue weighted by atomic mass is 9.86. The van der Waals surface area contributed by atoms with E-state index in [0.717, 1.165) is 38.1 Å². The van der Waals surface area contributed by atoms with Gasteiger partial charge in [0, 0.05) is 56.1 Å². The largest absolute Gasteiger partial charge is 0.487 e. The van der Waals surface area contributed by atoms with E-state index in [1.807, 2.05) is 25.3 Å². The molecule has 2 aromatic heterocycles. The molecule has 212 valence electrons. The van der Waals surface area contributed by atoms with Gasteiger partial charge in [-0.15, -0.1) is 0 Å². The molecule has 4 aromatic rings. The lowest BCUT2D eigenvalue weighted by Gasteiger charge is -2.33. The van der Waals surface area contributed by atoms with Crippen LogP contribution in [0.15, 0.2) is 34.9 Å². The highest BCUT2D eigenvalue weighted by Crippen LogP contribution is 2.35. The highest BCUT2D eigenvalue weighted by molar-refractivity contribution is 5.78. The van der Waals surface area contributed by atoms with Crippen molar-refractivity contribution < 1.29 is 22.4 Å². The Kier molecular flexibility index (Phi) is 6.93. The Bertz CT molecular complexity index is 1530. The van der Waals surface area contributed by atoms with Gasteiger partial charge in [0.25, 0.3) is 0 Å². The number of rotatable bonds is 6. The van der Waals surface area contributed by atoms with Crippen molar-refractivity contribution in [3.05, 3.63) is 65.0 Å². The van der Waals surface area contributed by atoms with Crippen LogP contribution in [0.1, 0.15) is 62.7 Å². The number of ether oxygens (including phenoxy) is 1. The SMILES string of the molecule is CC(C)c1noc(N2CCC([C@H](C)Oc3cc4nc5n(c4cc3F)C[C@H](N)[C@@H](c3cc(F)ccc3F)C5)CC2)n1. The topological polar surface area (TPSA) is 95.2 Å². The molecule has 40 heavy (non-hydrogen) atoms. The second kappa shape index (κ2) is 10.4. The Morgan fingerprint density at radius 3 is 2.52 bits per heavy atom. The smallest absolute Gasteiger partial charge is 0.324 e. The highest BCUT2D eigenvalue weighted by Gasteiger charge is 2.33. The van der Waals surface area contributed by atoms with Gasteiger partial charge in [0.15, 0.2) is 17.4 Å². The van der Waals surface area contributed by atoms with Crippen molar-refractivity contribution in [3.8, 4) is 5.75 Å². The first kappa shape index (κ1) is 26.6. The fourth-order valence-electron chi connectivity index (χ4n) is 5.90. The number of nitrogens with zero attached hydrogens (tertiary/aromatic N) is 5. The molecule has 4 heterocycles. The maximum Gasteiger partial charge on any atom is 0.324 e. The normalized spacial score (nSPS) is 20.8. The molecule has 1 saturated heterocycles. The number of piperidine rings is 1. The van der Waals surface area contributed by atoms with E-state index in [-0.39, 0.29) is 29.3 Å². The van der Waals surface area contributed by atoms with Crippen molar-refractivity contribution in [2.24, 2.45) is 11.7 Å². The number of imidazole rings is 1. The summed E-state index contributed by atoms with van der Waals surface area (Å²) in [6.07, 6.45) is 1.80. The van der Waals surface area contributed by atoms with Crippen molar-refractivity contribution in [2.45, 2.75) is 70.6 Å². The van der Waals surface area contributed by atoms with Crippen LogP contribution >= 0.6 is 0 Å². The van der Waals surface area contributed by atoms with Crippen LogP contribution in [0, 0.1) is 23.4 Å². The molecule has 0 saturated carbocycles. The first-order valence-electron chi connectivity index (χ1n) is 13.8. The van der Waals surface area contributed by atoms with Gasteiger partial charge in [-0.25, -0.2) is 18.2 Å². The van der Waals surface area contributed by atoms with Crippen LogP contribution in [-0.2, 0) is 13.0 Å². The van der Waals surface area contributed by atoms with E-state index in [0.29, 0.717) is 41.7 Å². The third-order valence-electron chi connectivity index (χ3n) is 8.29. The average Bonchev–Trinajstić information content (AvgIpc) is 3.55. The van der Waals surface area contributed by atoms with Crippen molar-refractivity contribution in [3.63, 3.8) is 0 Å². The molecule has 2 aromatic carbocycles.